The van der Waals surface area contributed by atoms with Gasteiger partial charge in [-0.1, -0.05) is 0 Å². The summed E-state index contributed by atoms with van der Waals surface area (Å²) in [5, 5.41) is 3.62. The van der Waals surface area contributed by atoms with E-state index in [-0.39, 0.29) is 37.2 Å². The lowest BCUT2D eigenvalue weighted by atomic mass is 10.0. The lowest BCUT2D eigenvalue weighted by Gasteiger charge is -2.34. The van der Waals surface area contributed by atoms with Gasteiger partial charge in [0, 0.05) is 6.54 Å². The normalized spacial score (nSPS) is 19.5. The molecule has 1 saturated heterocycles. The van der Waals surface area contributed by atoms with E-state index in [0.717, 1.165) is 7.11 Å². The van der Waals surface area contributed by atoms with Gasteiger partial charge in [0.1, 0.15) is 5.84 Å². The molecular weight excluding hydrogens is 450 g/mol. The third-order valence-corrected chi connectivity index (χ3v) is 4.42. The fraction of sp³-hybridized carbons (Fsp3) is 0.556. The number of nitrogens with zero attached hydrogens (tertiary/aromatic N) is 2. The van der Waals surface area contributed by atoms with Gasteiger partial charge in [0.25, 0.3) is 0 Å². The van der Waals surface area contributed by atoms with Crippen LogP contribution in [0.3, 0.4) is 0 Å². The van der Waals surface area contributed by atoms with Crippen molar-refractivity contribution in [3.63, 3.8) is 0 Å². The molecule has 1 amide bonds. The van der Waals surface area contributed by atoms with Crippen LogP contribution in [0.2, 0.25) is 0 Å². The summed E-state index contributed by atoms with van der Waals surface area (Å²) < 4.78 is 93.7. The molecule has 2 atom stereocenters. The van der Waals surface area contributed by atoms with E-state index in [4.69, 9.17) is 15.2 Å². The summed E-state index contributed by atoms with van der Waals surface area (Å²) in [7, 11) is 1.15. The number of rotatable bonds is 6. The zero-order valence-electron chi connectivity index (χ0n) is 17.1. The molecule has 8 nitrogen and oxygen atoms in total. The molecule has 1 aliphatic heterocycles. The third-order valence-electron chi connectivity index (χ3n) is 4.42. The SMILES string of the molecule is COC(=O)N/N=C(\N)CN1CCO[C@H](O[C@H](C)c2cc(C(F)(F)F)cc(C(F)(F)F)c2)C1. The van der Waals surface area contributed by atoms with Crippen LogP contribution in [0.25, 0.3) is 0 Å². The molecule has 1 aromatic carbocycles. The molecule has 0 aliphatic carbocycles. The number of amides is 1. The first-order valence-corrected chi connectivity index (χ1v) is 9.24. The molecule has 32 heavy (non-hydrogen) atoms. The number of hydrogen-bond acceptors (Lipinski definition) is 6. The molecule has 0 unspecified atom stereocenters. The van der Waals surface area contributed by atoms with Gasteiger partial charge in [-0.3, -0.25) is 4.90 Å². The van der Waals surface area contributed by atoms with E-state index in [1.807, 2.05) is 0 Å². The van der Waals surface area contributed by atoms with E-state index in [9.17, 15) is 31.1 Å². The second-order valence-electron chi connectivity index (χ2n) is 6.86. The van der Waals surface area contributed by atoms with Crippen LogP contribution in [0.5, 0.6) is 0 Å². The predicted octanol–water partition coefficient (Wildman–Crippen LogP) is 3.09. The van der Waals surface area contributed by atoms with Crippen LogP contribution < -0.4 is 11.2 Å². The maximum atomic E-state index is 13.1. The van der Waals surface area contributed by atoms with Crippen molar-refractivity contribution in [2.45, 2.75) is 31.7 Å². The van der Waals surface area contributed by atoms with Crippen molar-refractivity contribution in [2.75, 3.05) is 33.4 Å². The van der Waals surface area contributed by atoms with Gasteiger partial charge in [-0.25, -0.2) is 10.2 Å². The monoisotopic (exact) mass is 472 g/mol. The highest BCUT2D eigenvalue weighted by atomic mass is 19.4. The predicted molar refractivity (Wildman–Crippen MR) is 99.3 cm³/mol. The number of ether oxygens (including phenoxy) is 3. The Morgan fingerprint density at radius 1 is 1.25 bits per heavy atom. The maximum Gasteiger partial charge on any atom is 0.427 e. The summed E-state index contributed by atoms with van der Waals surface area (Å²) in [5.74, 6) is 0.0387. The summed E-state index contributed by atoms with van der Waals surface area (Å²) in [4.78, 5) is 12.7. The highest BCUT2D eigenvalue weighted by Crippen LogP contribution is 2.38. The number of carbonyl (C=O) groups is 1. The van der Waals surface area contributed by atoms with Crippen LogP contribution in [0, 0.1) is 0 Å². The topological polar surface area (TPSA) is 98.4 Å². The minimum atomic E-state index is -4.96. The zero-order valence-corrected chi connectivity index (χ0v) is 17.1. The maximum absolute atomic E-state index is 13.1. The van der Waals surface area contributed by atoms with E-state index in [1.54, 1.807) is 4.90 Å². The second-order valence-corrected chi connectivity index (χ2v) is 6.86. The number of benzene rings is 1. The Morgan fingerprint density at radius 3 is 2.38 bits per heavy atom. The summed E-state index contributed by atoms with van der Waals surface area (Å²) in [6.45, 7) is 2.12. The number of nitrogens with two attached hydrogens (primary N) is 1. The molecule has 0 bridgehead atoms. The van der Waals surface area contributed by atoms with Crippen molar-refractivity contribution >= 4 is 11.9 Å². The van der Waals surface area contributed by atoms with E-state index < -0.39 is 42.0 Å². The number of hydrazone groups is 1. The highest BCUT2D eigenvalue weighted by molar-refractivity contribution is 5.83. The van der Waals surface area contributed by atoms with Crippen molar-refractivity contribution in [2.24, 2.45) is 10.8 Å². The van der Waals surface area contributed by atoms with Crippen molar-refractivity contribution in [1.29, 1.82) is 0 Å². The number of hydrogen-bond donors (Lipinski definition) is 2. The summed E-state index contributed by atoms with van der Waals surface area (Å²) in [6, 6.07) is 1.28. The average molecular weight is 472 g/mol. The van der Waals surface area contributed by atoms with E-state index >= 15 is 0 Å². The Labute approximate surface area is 179 Å². The molecule has 0 radical (unpaired) electrons. The zero-order chi connectivity index (χ0) is 24.1. The van der Waals surface area contributed by atoms with Gasteiger partial charge >= 0.3 is 18.4 Å². The quantitative estimate of drug-likeness (QED) is 0.286. The first-order chi connectivity index (χ1) is 14.8. The second kappa shape index (κ2) is 10.4. The van der Waals surface area contributed by atoms with Gasteiger partial charge in [-0.15, -0.1) is 0 Å². The number of halogens is 6. The molecule has 14 heteroatoms. The Hall–Kier alpha value is -2.58. The molecule has 180 valence electrons. The Bertz CT molecular complexity index is 798. The first kappa shape index (κ1) is 25.7. The van der Waals surface area contributed by atoms with Gasteiger partial charge in [0.2, 0.25) is 0 Å². The number of carbonyl (C=O) groups excluding carboxylic acids is 1. The first-order valence-electron chi connectivity index (χ1n) is 9.24. The number of amidine groups is 1. The lowest BCUT2D eigenvalue weighted by Crippen LogP contribution is -2.47. The van der Waals surface area contributed by atoms with Crippen LogP contribution in [-0.2, 0) is 26.6 Å². The van der Waals surface area contributed by atoms with Crippen LogP contribution in [0.4, 0.5) is 31.1 Å². The van der Waals surface area contributed by atoms with E-state index in [0.29, 0.717) is 18.7 Å². The van der Waals surface area contributed by atoms with Gasteiger partial charge in [-0.2, -0.15) is 31.4 Å². The van der Waals surface area contributed by atoms with E-state index in [1.165, 1.54) is 6.92 Å². The molecule has 1 aliphatic rings. The van der Waals surface area contributed by atoms with Crippen LogP contribution in [0.15, 0.2) is 23.3 Å². The third kappa shape index (κ3) is 7.53. The van der Waals surface area contributed by atoms with Gasteiger partial charge in [0.15, 0.2) is 6.29 Å². The molecule has 1 aromatic rings. The number of alkyl halides is 6. The van der Waals surface area contributed by atoms with Gasteiger partial charge < -0.3 is 19.9 Å². The van der Waals surface area contributed by atoms with E-state index in [2.05, 4.69) is 15.3 Å². The Balaban J connectivity index is 2.08. The molecule has 0 saturated carbocycles. The molecule has 0 spiro atoms. The Morgan fingerprint density at radius 2 is 1.84 bits per heavy atom. The minimum Gasteiger partial charge on any atom is -0.452 e. The average Bonchev–Trinajstić information content (AvgIpc) is 2.70. The van der Waals surface area contributed by atoms with Crippen molar-refractivity contribution in [3.8, 4) is 0 Å². The lowest BCUT2D eigenvalue weighted by molar-refractivity contribution is -0.199. The fourth-order valence-corrected chi connectivity index (χ4v) is 2.84. The number of morpholine rings is 1. The van der Waals surface area contributed by atoms with Crippen molar-refractivity contribution in [1.82, 2.24) is 10.3 Å². The molecule has 0 aromatic heterocycles. The molecule has 1 heterocycles. The standard InChI is InChI=1S/C18H22F6N4O4/c1-10(11-5-12(17(19,20)21)7-13(6-11)18(22,23)24)32-15-9-28(3-4-31-15)8-14(25)26-27-16(29)30-2/h5-7,10,15H,3-4,8-9H2,1-2H3,(H2,25,26)(H,27,29)/t10-,15-/m1/s1. The van der Waals surface area contributed by atoms with Gasteiger partial charge in [-0.05, 0) is 30.7 Å². The van der Waals surface area contributed by atoms with Gasteiger partial charge in [0.05, 0.1) is 44.0 Å². The van der Waals surface area contributed by atoms with Crippen LogP contribution in [0.1, 0.15) is 29.7 Å². The highest BCUT2D eigenvalue weighted by Gasteiger charge is 2.37. The fourth-order valence-electron chi connectivity index (χ4n) is 2.84. The number of methoxy groups -OCH3 is 1. The molecular formula is C18H22F6N4O4. The largest absolute Gasteiger partial charge is 0.452 e. The van der Waals surface area contributed by atoms with Crippen molar-refractivity contribution < 1.29 is 45.3 Å². The summed E-state index contributed by atoms with van der Waals surface area (Å²) in [6.07, 6.45) is -12.8. The molecule has 1 fully saturated rings. The molecule has 2 rings (SSSR count). The summed E-state index contributed by atoms with van der Waals surface area (Å²) in [5.41, 5.74) is 4.61. The molecule has 3 N–H and O–H groups in total. The van der Waals surface area contributed by atoms with Crippen LogP contribution >= 0.6 is 0 Å². The smallest absolute Gasteiger partial charge is 0.427 e. The van der Waals surface area contributed by atoms with Crippen molar-refractivity contribution in [3.05, 3.63) is 34.9 Å². The number of nitrogens with one attached hydrogen (secondary N) is 1. The Kier molecular flexibility index (Phi) is 8.31. The van der Waals surface area contributed by atoms with Crippen LogP contribution in [-0.4, -0.2) is 56.5 Å². The summed E-state index contributed by atoms with van der Waals surface area (Å²) >= 11 is 0. The minimum absolute atomic E-state index is 0.0387.